The highest BCUT2D eigenvalue weighted by atomic mass is 16.7. The monoisotopic (exact) mass is 344 g/mol. The van der Waals surface area contributed by atoms with Gasteiger partial charge in [0.25, 0.3) is 5.69 Å². The van der Waals surface area contributed by atoms with E-state index in [2.05, 4.69) is 5.16 Å². The average Bonchev–Trinajstić information content (AvgIpc) is 2.60. The average molecular weight is 344 g/mol. The lowest BCUT2D eigenvalue weighted by Crippen LogP contribution is -2.03. The van der Waals surface area contributed by atoms with Crippen molar-refractivity contribution in [2.45, 2.75) is 6.92 Å². The Hall–Kier alpha value is -3.42. The van der Waals surface area contributed by atoms with E-state index in [-0.39, 0.29) is 11.3 Å². The van der Waals surface area contributed by atoms with E-state index >= 15 is 0 Å². The Morgan fingerprint density at radius 3 is 2.44 bits per heavy atom. The van der Waals surface area contributed by atoms with Crippen molar-refractivity contribution in [1.82, 2.24) is 0 Å². The van der Waals surface area contributed by atoms with Crippen LogP contribution in [0.25, 0.3) is 0 Å². The lowest BCUT2D eigenvalue weighted by molar-refractivity contribution is -0.385. The SMILES string of the molecule is COc1ccc(/C=N/OC(=O)c2ccc([N+](=O)[O-])c(C)c2)cc1OC. The van der Waals surface area contributed by atoms with Crippen molar-refractivity contribution < 1.29 is 24.0 Å². The van der Waals surface area contributed by atoms with E-state index in [1.807, 2.05) is 0 Å². The number of nitrogens with zero attached hydrogens (tertiary/aromatic N) is 2. The van der Waals surface area contributed by atoms with Crippen LogP contribution in [0.1, 0.15) is 21.5 Å². The molecule has 8 heteroatoms. The third-order valence-corrected chi connectivity index (χ3v) is 3.37. The van der Waals surface area contributed by atoms with Crippen LogP contribution in [0.5, 0.6) is 11.5 Å². The van der Waals surface area contributed by atoms with Crippen molar-refractivity contribution in [3.05, 3.63) is 63.2 Å². The first kappa shape index (κ1) is 17.9. The largest absolute Gasteiger partial charge is 0.493 e. The molecule has 0 saturated carbocycles. The molecule has 0 unspecified atom stereocenters. The molecule has 130 valence electrons. The van der Waals surface area contributed by atoms with Gasteiger partial charge in [0.05, 0.1) is 30.9 Å². The van der Waals surface area contributed by atoms with Gasteiger partial charge in [0.15, 0.2) is 11.5 Å². The molecule has 0 aliphatic carbocycles. The van der Waals surface area contributed by atoms with E-state index in [4.69, 9.17) is 14.3 Å². The maximum absolute atomic E-state index is 11.9. The highest BCUT2D eigenvalue weighted by Gasteiger charge is 2.14. The van der Waals surface area contributed by atoms with Gasteiger partial charge in [0, 0.05) is 17.2 Å². The van der Waals surface area contributed by atoms with Crippen molar-refractivity contribution in [3.8, 4) is 11.5 Å². The minimum absolute atomic E-state index is 0.0645. The summed E-state index contributed by atoms with van der Waals surface area (Å²) in [6, 6.07) is 9.04. The highest BCUT2D eigenvalue weighted by Crippen LogP contribution is 2.27. The van der Waals surface area contributed by atoms with E-state index in [0.717, 1.165) is 0 Å². The number of benzene rings is 2. The fourth-order valence-corrected chi connectivity index (χ4v) is 2.11. The predicted octanol–water partition coefficient (Wildman–Crippen LogP) is 3.11. The molecule has 0 N–H and O–H groups in total. The minimum Gasteiger partial charge on any atom is -0.493 e. The number of rotatable bonds is 6. The lowest BCUT2D eigenvalue weighted by Gasteiger charge is -2.07. The highest BCUT2D eigenvalue weighted by molar-refractivity contribution is 5.90. The number of nitro benzene ring substituents is 1. The molecule has 8 nitrogen and oxygen atoms in total. The number of hydrogen-bond donors (Lipinski definition) is 0. The molecule has 0 saturated heterocycles. The Bertz CT molecular complexity index is 832. The van der Waals surface area contributed by atoms with Crippen molar-refractivity contribution >= 4 is 17.9 Å². The van der Waals surface area contributed by atoms with Crippen LogP contribution in [0.4, 0.5) is 5.69 Å². The van der Waals surface area contributed by atoms with E-state index in [1.54, 1.807) is 25.1 Å². The summed E-state index contributed by atoms with van der Waals surface area (Å²) >= 11 is 0. The van der Waals surface area contributed by atoms with Crippen molar-refractivity contribution in [1.29, 1.82) is 0 Å². The molecule has 0 heterocycles. The first-order valence-corrected chi connectivity index (χ1v) is 7.18. The Kier molecular flexibility index (Phi) is 5.67. The number of carbonyl (C=O) groups is 1. The van der Waals surface area contributed by atoms with Gasteiger partial charge in [-0.25, -0.2) is 4.79 Å². The fraction of sp³-hybridized carbons (Fsp3) is 0.176. The van der Waals surface area contributed by atoms with Gasteiger partial charge in [-0.05, 0) is 37.3 Å². The van der Waals surface area contributed by atoms with Crippen molar-refractivity contribution in [2.24, 2.45) is 5.16 Å². The summed E-state index contributed by atoms with van der Waals surface area (Å²) in [4.78, 5) is 27.0. The second-order valence-electron chi connectivity index (χ2n) is 4.99. The van der Waals surface area contributed by atoms with Crippen LogP contribution >= 0.6 is 0 Å². The lowest BCUT2D eigenvalue weighted by atomic mass is 10.1. The molecule has 0 spiro atoms. The Morgan fingerprint density at radius 1 is 1.12 bits per heavy atom. The zero-order valence-electron chi connectivity index (χ0n) is 13.9. The van der Waals surface area contributed by atoms with Crippen LogP contribution in [0.2, 0.25) is 0 Å². The summed E-state index contributed by atoms with van der Waals surface area (Å²) in [5, 5.41) is 14.4. The second kappa shape index (κ2) is 7.91. The van der Waals surface area contributed by atoms with Gasteiger partial charge in [0.2, 0.25) is 0 Å². The Labute approximate surface area is 143 Å². The van der Waals surface area contributed by atoms with Gasteiger partial charge in [0.1, 0.15) is 0 Å². The summed E-state index contributed by atoms with van der Waals surface area (Å²) in [5.74, 6) is 0.372. The normalized spacial score (nSPS) is 10.5. The maximum atomic E-state index is 11.9. The predicted molar refractivity (Wildman–Crippen MR) is 90.4 cm³/mol. The molecule has 2 aromatic rings. The smallest absolute Gasteiger partial charge is 0.365 e. The topological polar surface area (TPSA) is 100 Å². The number of aryl methyl sites for hydroxylation is 1. The summed E-state index contributed by atoms with van der Waals surface area (Å²) < 4.78 is 10.3. The first-order chi connectivity index (χ1) is 12.0. The zero-order chi connectivity index (χ0) is 18.4. The molecule has 0 aliphatic heterocycles. The van der Waals surface area contributed by atoms with Crippen LogP contribution in [-0.2, 0) is 4.84 Å². The molecular formula is C17H16N2O6. The van der Waals surface area contributed by atoms with Gasteiger partial charge in [-0.15, -0.1) is 0 Å². The summed E-state index contributed by atoms with van der Waals surface area (Å²) in [7, 11) is 3.04. The van der Waals surface area contributed by atoms with Gasteiger partial charge in [-0.2, -0.15) is 0 Å². The fourth-order valence-electron chi connectivity index (χ4n) is 2.11. The summed E-state index contributed by atoms with van der Waals surface area (Å²) in [6.45, 7) is 1.54. The third-order valence-electron chi connectivity index (χ3n) is 3.37. The second-order valence-corrected chi connectivity index (χ2v) is 4.99. The maximum Gasteiger partial charge on any atom is 0.365 e. The molecule has 0 bridgehead atoms. The quantitative estimate of drug-likeness (QED) is 0.345. The van der Waals surface area contributed by atoms with Gasteiger partial charge in [-0.1, -0.05) is 5.16 Å². The summed E-state index contributed by atoms with van der Waals surface area (Å²) in [6.07, 6.45) is 1.35. The van der Waals surface area contributed by atoms with Crippen LogP contribution < -0.4 is 9.47 Å². The molecule has 25 heavy (non-hydrogen) atoms. The molecule has 0 fully saturated rings. The van der Waals surface area contributed by atoms with E-state index in [9.17, 15) is 14.9 Å². The third kappa shape index (κ3) is 4.31. The Morgan fingerprint density at radius 2 is 1.84 bits per heavy atom. The number of carbonyl (C=O) groups excluding carboxylic acids is 1. The van der Waals surface area contributed by atoms with Crippen LogP contribution in [-0.4, -0.2) is 31.3 Å². The van der Waals surface area contributed by atoms with Crippen LogP contribution in [0.3, 0.4) is 0 Å². The molecule has 0 aromatic heterocycles. The van der Waals surface area contributed by atoms with Gasteiger partial charge < -0.3 is 14.3 Å². The van der Waals surface area contributed by atoms with Gasteiger partial charge >= 0.3 is 5.97 Å². The number of methoxy groups -OCH3 is 2. The van der Waals surface area contributed by atoms with Crippen molar-refractivity contribution in [3.63, 3.8) is 0 Å². The zero-order valence-corrected chi connectivity index (χ0v) is 13.9. The van der Waals surface area contributed by atoms with E-state index < -0.39 is 10.9 Å². The number of ether oxygens (including phenoxy) is 2. The van der Waals surface area contributed by atoms with E-state index in [0.29, 0.717) is 22.6 Å². The molecule has 0 amide bonds. The molecule has 2 rings (SSSR count). The molecule has 2 aromatic carbocycles. The van der Waals surface area contributed by atoms with Crippen molar-refractivity contribution in [2.75, 3.05) is 14.2 Å². The minimum atomic E-state index is -0.713. The number of oxime groups is 1. The molecule has 0 aliphatic rings. The number of nitro groups is 1. The van der Waals surface area contributed by atoms with Crippen LogP contribution in [0.15, 0.2) is 41.6 Å². The Balaban J connectivity index is 2.08. The summed E-state index contributed by atoms with van der Waals surface area (Å²) in [5.41, 5.74) is 1.12. The van der Waals surface area contributed by atoms with Crippen LogP contribution in [0, 0.1) is 17.0 Å². The van der Waals surface area contributed by atoms with Gasteiger partial charge in [-0.3, -0.25) is 10.1 Å². The first-order valence-electron chi connectivity index (χ1n) is 7.18. The molecular weight excluding hydrogens is 328 g/mol. The standard InChI is InChI=1S/C17H16N2O6/c1-11-8-13(5-6-14(11)19(21)22)17(20)25-18-10-12-4-7-15(23-2)16(9-12)24-3/h4-10H,1-3H3/b18-10+. The number of hydrogen-bond acceptors (Lipinski definition) is 7. The molecule has 0 atom stereocenters. The molecule has 0 radical (unpaired) electrons. The van der Waals surface area contributed by atoms with E-state index in [1.165, 1.54) is 38.6 Å².